The van der Waals surface area contributed by atoms with Crippen molar-refractivity contribution in [2.75, 3.05) is 0 Å². The highest BCUT2D eigenvalue weighted by Gasteiger charge is 2.31. The number of hydrogen-bond donors (Lipinski definition) is 2. The fourth-order valence-electron chi connectivity index (χ4n) is 2.01. The number of nitrogens with two attached hydrogens (primary N) is 1. The average molecular weight is 256 g/mol. The van der Waals surface area contributed by atoms with Crippen molar-refractivity contribution in [2.45, 2.75) is 38.6 Å². The molecule has 0 spiro atoms. The summed E-state index contributed by atoms with van der Waals surface area (Å²) in [5.41, 5.74) is 0.783. The van der Waals surface area contributed by atoms with Gasteiger partial charge in [0.25, 0.3) is 10.2 Å². The Morgan fingerprint density at radius 3 is 2.24 bits per heavy atom. The summed E-state index contributed by atoms with van der Waals surface area (Å²) in [5.74, 6) is 0. The Bertz CT molecular complexity index is 455. The van der Waals surface area contributed by atoms with Gasteiger partial charge in [-0.2, -0.15) is 13.1 Å². The molecule has 1 rings (SSSR count). The van der Waals surface area contributed by atoms with Gasteiger partial charge in [0.2, 0.25) is 0 Å². The quantitative estimate of drug-likeness (QED) is 0.838. The van der Waals surface area contributed by atoms with E-state index in [1.165, 1.54) is 0 Å². The van der Waals surface area contributed by atoms with Gasteiger partial charge in [0.15, 0.2) is 0 Å². The highest BCUT2D eigenvalue weighted by molar-refractivity contribution is 7.87. The SMILES string of the molecule is CC[C@H](NS(N)(=O)=O)C(C)(C)c1ccccc1. The second-order valence-electron chi connectivity index (χ2n) is 4.71. The van der Waals surface area contributed by atoms with Crippen LogP contribution in [0, 0.1) is 0 Å². The zero-order valence-corrected chi connectivity index (χ0v) is 11.3. The van der Waals surface area contributed by atoms with Gasteiger partial charge in [0.1, 0.15) is 0 Å². The molecule has 17 heavy (non-hydrogen) atoms. The lowest BCUT2D eigenvalue weighted by molar-refractivity contribution is 0.370. The van der Waals surface area contributed by atoms with Gasteiger partial charge in [0.05, 0.1) is 0 Å². The molecular weight excluding hydrogens is 236 g/mol. The molecule has 0 aliphatic heterocycles. The Labute approximate surface area is 103 Å². The summed E-state index contributed by atoms with van der Waals surface area (Å²) in [7, 11) is -3.68. The van der Waals surface area contributed by atoms with E-state index in [0.29, 0.717) is 6.42 Å². The molecule has 0 radical (unpaired) electrons. The molecule has 4 nitrogen and oxygen atoms in total. The zero-order valence-electron chi connectivity index (χ0n) is 10.5. The van der Waals surface area contributed by atoms with Crippen molar-refractivity contribution in [3.63, 3.8) is 0 Å². The minimum Gasteiger partial charge on any atom is -0.216 e. The van der Waals surface area contributed by atoms with Crippen molar-refractivity contribution in [3.8, 4) is 0 Å². The molecule has 0 saturated carbocycles. The standard InChI is InChI=1S/C12H20N2O2S/c1-4-11(14-17(13,15)16)12(2,3)10-8-6-5-7-9-10/h5-9,11,14H,4H2,1-3H3,(H2,13,15,16)/t11-/m0/s1. The van der Waals surface area contributed by atoms with Crippen LogP contribution in [-0.4, -0.2) is 14.5 Å². The van der Waals surface area contributed by atoms with E-state index >= 15 is 0 Å². The fourth-order valence-corrected chi connectivity index (χ4v) is 2.87. The highest BCUT2D eigenvalue weighted by atomic mass is 32.2. The van der Waals surface area contributed by atoms with Crippen LogP contribution in [0.5, 0.6) is 0 Å². The van der Waals surface area contributed by atoms with E-state index in [1.54, 1.807) is 0 Å². The Kier molecular flexibility index (Phi) is 4.30. The Balaban J connectivity index is 3.02. The maximum absolute atomic E-state index is 11.1. The Hall–Kier alpha value is -0.910. The smallest absolute Gasteiger partial charge is 0.216 e. The molecule has 1 atom stereocenters. The number of hydrogen-bond acceptors (Lipinski definition) is 2. The van der Waals surface area contributed by atoms with Crippen LogP contribution in [-0.2, 0) is 15.6 Å². The first-order valence-corrected chi connectivity index (χ1v) is 7.17. The zero-order chi connectivity index (χ0) is 13.1. The van der Waals surface area contributed by atoms with Gasteiger partial charge in [-0.05, 0) is 12.0 Å². The average Bonchev–Trinajstić information content (AvgIpc) is 2.25. The second-order valence-corrected chi connectivity index (χ2v) is 6.04. The Morgan fingerprint density at radius 1 is 1.29 bits per heavy atom. The minimum absolute atomic E-state index is 0.222. The van der Waals surface area contributed by atoms with Gasteiger partial charge in [-0.25, -0.2) is 5.14 Å². The predicted molar refractivity (Wildman–Crippen MR) is 69.8 cm³/mol. The minimum atomic E-state index is -3.68. The van der Waals surface area contributed by atoms with Crippen LogP contribution in [0.2, 0.25) is 0 Å². The van der Waals surface area contributed by atoms with E-state index in [1.807, 2.05) is 51.1 Å². The van der Waals surface area contributed by atoms with E-state index in [0.717, 1.165) is 5.56 Å². The van der Waals surface area contributed by atoms with E-state index in [2.05, 4.69) is 4.72 Å². The van der Waals surface area contributed by atoms with Gasteiger partial charge in [-0.1, -0.05) is 51.1 Å². The van der Waals surface area contributed by atoms with Crippen LogP contribution in [0.3, 0.4) is 0 Å². The summed E-state index contributed by atoms with van der Waals surface area (Å²) in [6.07, 6.45) is 0.679. The van der Waals surface area contributed by atoms with Crippen LogP contribution < -0.4 is 9.86 Å². The van der Waals surface area contributed by atoms with E-state index in [9.17, 15) is 8.42 Å². The molecule has 0 fully saturated rings. The third-order valence-electron chi connectivity index (χ3n) is 3.10. The third-order valence-corrected chi connectivity index (χ3v) is 3.72. The van der Waals surface area contributed by atoms with Crippen molar-refractivity contribution >= 4 is 10.2 Å². The summed E-state index contributed by atoms with van der Waals surface area (Å²) in [6.45, 7) is 5.96. The second kappa shape index (κ2) is 5.16. The summed E-state index contributed by atoms with van der Waals surface area (Å²) >= 11 is 0. The van der Waals surface area contributed by atoms with Gasteiger partial charge >= 0.3 is 0 Å². The van der Waals surface area contributed by atoms with Crippen molar-refractivity contribution in [3.05, 3.63) is 35.9 Å². The molecule has 0 amide bonds. The molecule has 5 heteroatoms. The van der Waals surface area contributed by atoms with Gasteiger partial charge in [-0.15, -0.1) is 0 Å². The van der Waals surface area contributed by atoms with Gasteiger partial charge in [0, 0.05) is 11.5 Å². The van der Waals surface area contributed by atoms with E-state index < -0.39 is 10.2 Å². The first-order chi connectivity index (χ1) is 7.77. The lowest BCUT2D eigenvalue weighted by atomic mass is 9.77. The van der Waals surface area contributed by atoms with Crippen molar-refractivity contribution in [1.29, 1.82) is 0 Å². The normalized spacial score (nSPS) is 14.6. The lowest BCUT2D eigenvalue weighted by Gasteiger charge is -2.34. The molecular formula is C12H20N2O2S. The number of rotatable bonds is 5. The summed E-state index contributed by atoms with van der Waals surface area (Å²) in [4.78, 5) is 0. The van der Waals surface area contributed by atoms with Crippen molar-refractivity contribution < 1.29 is 8.42 Å². The van der Waals surface area contributed by atoms with Crippen LogP contribution >= 0.6 is 0 Å². The highest BCUT2D eigenvalue weighted by Crippen LogP contribution is 2.28. The fraction of sp³-hybridized carbons (Fsp3) is 0.500. The first kappa shape index (κ1) is 14.2. The monoisotopic (exact) mass is 256 g/mol. The molecule has 1 aromatic rings. The molecule has 1 aromatic carbocycles. The maximum atomic E-state index is 11.1. The molecule has 0 saturated heterocycles. The molecule has 0 unspecified atom stereocenters. The van der Waals surface area contributed by atoms with Crippen LogP contribution in [0.15, 0.2) is 30.3 Å². The first-order valence-electron chi connectivity index (χ1n) is 5.63. The van der Waals surface area contributed by atoms with Gasteiger partial charge in [-0.3, -0.25) is 0 Å². The number of benzene rings is 1. The molecule has 0 bridgehead atoms. The van der Waals surface area contributed by atoms with Gasteiger partial charge < -0.3 is 0 Å². The summed E-state index contributed by atoms with van der Waals surface area (Å²) in [6, 6.07) is 9.59. The lowest BCUT2D eigenvalue weighted by Crippen LogP contribution is -2.49. The number of nitrogens with one attached hydrogen (secondary N) is 1. The topological polar surface area (TPSA) is 72.2 Å². The molecule has 0 aliphatic carbocycles. The maximum Gasteiger partial charge on any atom is 0.274 e. The van der Waals surface area contributed by atoms with Crippen LogP contribution in [0.1, 0.15) is 32.8 Å². The largest absolute Gasteiger partial charge is 0.274 e. The van der Waals surface area contributed by atoms with Crippen molar-refractivity contribution in [1.82, 2.24) is 4.72 Å². The molecule has 3 N–H and O–H groups in total. The molecule has 0 heterocycles. The Morgan fingerprint density at radius 2 is 1.82 bits per heavy atom. The van der Waals surface area contributed by atoms with E-state index in [-0.39, 0.29) is 11.5 Å². The molecule has 96 valence electrons. The summed E-state index contributed by atoms with van der Waals surface area (Å²) in [5, 5.41) is 5.05. The van der Waals surface area contributed by atoms with E-state index in [4.69, 9.17) is 5.14 Å². The predicted octanol–water partition coefficient (Wildman–Crippen LogP) is 1.54. The molecule has 0 aromatic heterocycles. The van der Waals surface area contributed by atoms with Crippen LogP contribution in [0.25, 0.3) is 0 Å². The van der Waals surface area contributed by atoms with Crippen LogP contribution in [0.4, 0.5) is 0 Å². The summed E-state index contributed by atoms with van der Waals surface area (Å²) < 4.78 is 24.8. The third kappa shape index (κ3) is 3.80. The van der Waals surface area contributed by atoms with Crippen molar-refractivity contribution in [2.24, 2.45) is 5.14 Å². The molecule has 0 aliphatic rings.